The Hall–Kier alpha value is -2.95. The molecule has 2 aromatic carbocycles. The van der Waals surface area contributed by atoms with E-state index < -0.39 is 0 Å². The van der Waals surface area contributed by atoms with E-state index in [4.69, 9.17) is 18.6 Å². The summed E-state index contributed by atoms with van der Waals surface area (Å²) in [6.45, 7) is 5.46. The van der Waals surface area contributed by atoms with Gasteiger partial charge in [0.05, 0.1) is 20.3 Å². The van der Waals surface area contributed by atoms with Crippen LogP contribution in [0.1, 0.15) is 63.9 Å². The van der Waals surface area contributed by atoms with Crippen molar-refractivity contribution in [2.24, 2.45) is 0 Å². The van der Waals surface area contributed by atoms with Gasteiger partial charge in [-0.2, -0.15) is 0 Å². The molecule has 1 heterocycles. The first-order valence-electron chi connectivity index (χ1n) is 11.7. The lowest BCUT2D eigenvalue weighted by molar-refractivity contribution is 0.294. The maximum absolute atomic E-state index is 13.3. The summed E-state index contributed by atoms with van der Waals surface area (Å²) < 4.78 is 23.9. The molecule has 0 unspecified atom stereocenters. The van der Waals surface area contributed by atoms with Crippen molar-refractivity contribution in [2.75, 3.05) is 20.3 Å². The summed E-state index contributed by atoms with van der Waals surface area (Å²) in [6.07, 6.45) is 6.13. The van der Waals surface area contributed by atoms with Gasteiger partial charge in [-0.15, -0.1) is 0 Å². The Labute approximate surface area is 189 Å². The topological polar surface area (TPSA) is 57.9 Å². The van der Waals surface area contributed by atoms with Gasteiger partial charge in [0.1, 0.15) is 34.0 Å². The second-order valence-electron chi connectivity index (χ2n) is 8.37. The molecule has 0 saturated heterocycles. The van der Waals surface area contributed by atoms with Crippen molar-refractivity contribution in [3.63, 3.8) is 0 Å². The fourth-order valence-electron chi connectivity index (χ4n) is 3.84. The lowest BCUT2D eigenvalue weighted by Gasteiger charge is -2.17. The Morgan fingerprint density at radius 3 is 2.19 bits per heavy atom. The third-order valence-electron chi connectivity index (χ3n) is 5.84. The molecule has 0 radical (unpaired) electrons. The van der Waals surface area contributed by atoms with Gasteiger partial charge in [-0.3, -0.25) is 4.79 Å². The number of ether oxygens (including phenoxy) is 3. The average molecular weight is 437 g/mol. The third-order valence-corrected chi connectivity index (χ3v) is 5.84. The van der Waals surface area contributed by atoms with Crippen LogP contribution in [-0.2, 0) is 0 Å². The minimum Gasteiger partial charge on any atom is -0.497 e. The van der Waals surface area contributed by atoms with Crippen molar-refractivity contribution in [2.45, 2.75) is 58.3 Å². The summed E-state index contributed by atoms with van der Waals surface area (Å²) in [4.78, 5) is 13.3. The monoisotopic (exact) mass is 436 g/mol. The minimum atomic E-state index is -0.0921. The van der Waals surface area contributed by atoms with E-state index >= 15 is 0 Å². The molecule has 5 nitrogen and oxygen atoms in total. The Morgan fingerprint density at radius 2 is 1.59 bits per heavy atom. The Bertz CT molecular complexity index is 1110. The number of benzene rings is 2. The van der Waals surface area contributed by atoms with Crippen molar-refractivity contribution < 1.29 is 18.6 Å². The SMILES string of the molecule is CCCCOc1cc(OCCCC)c2c(=O)cc(-c3ccc(OC)cc3)oc2c1C1CC1. The summed E-state index contributed by atoms with van der Waals surface area (Å²) in [5.41, 5.74) is 2.35. The van der Waals surface area contributed by atoms with E-state index in [1.165, 1.54) is 0 Å². The molecular weight excluding hydrogens is 404 g/mol. The van der Waals surface area contributed by atoms with E-state index in [1.54, 1.807) is 13.2 Å². The molecule has 3 aromatic rings. The smallest absolute Gasteiger partial charge is 0.197 e. The second-order valence-corrected chi connectivity index (χ2v) is 8.37. The van der Waals surface area contributed by atoms with Crippen LogP contribution in [0.2, 0.25) is 0 Å². The Morgan fingerprint density at radius 1 is 0.938 bits per heavy atom. The molecule has 5 heteroatoms. The molecule has 0 amide bonds. The molecule has 170 valence electrons. The number of rotatable bonds is 11. The van der Waals surface area contributed by atoms with Crippen LogP contribution in [0.25, 0.3) is 22.3 Å². The highest BCUT2D eigenvalue weighted by Crippen LogP contribution is 2.49. The molecule has 0 bridgehead atoms. The highest BCUT2D eigenvalue weighted by molar-refractivity contribution is 5.90. The highest BCUT2D eigenvalue weighted by Gasteiger charge is 2.32. The minimum absolute atomic E-state index is 0.0921. The van der Waals surface area contributed by atoms with E-state index in [-0.39, 0.29) is 5.43 Å². The zero-order valence-corrected chi connectivity index (χ0v) is 19.2. The summed E-state index contributed by atoms with van der Waals surface area (Å²) in [5.74, 6) is 2.99. The molecule has 1 aromatic heterocycles. The van der Waals surface area contributed by atoms with Gasteiger partial charge in [0, 0.05) is 23.3 Å². The first-order valence-corrected chi connectivity index (χ1v) is 11.7. The zero-order chi connectivity index (χ0) is 22.5. The standard InChI is InChI=1S/C27H32O5/c1-4-6-14-30-23-17-24(31-15-7-5-2)26-21(28)16-22(18-10-12-20(29-3)13-11-18)32-27(26)25(23)19-8-9-19/h10-13,16-17,19H,4-9,14-15H2,1-3H3. The van der Waals surface area contributed by atoms with E-state index in [0.717, 1.165) is 61.2 Å². The van der Waals surface area contributed by atoms with Gasteiger partial charge in [0.2, 0.25) is 0 Å². The largest absolute Gasteiger partial charge is 0.497 e. The third kappa shape index (κ3) is 4.77. The zero-order valence-electron chi connectivity index (χ0n) is 19.2. The van der Waals surface area contributed by atoms with Gasteiger partial charge in [-0.1, -0.05) is 26.7 Å². The van der Waals surface area contributed by atoms with Gasteiger partial charge in [0.25, 0.3) is 0 Å². The molecule has 0 aliphatic heterocycles. The molecule has 0 N–H and O–H groups in total. The summed E-state index contributed by atoms with van der Waals surface area (Å²) in [6, 6.07) is 11.0. The predicted octanol–water partition coefficient (Wildman–Crippen LogP) is 6.70. The van der Waals surface area contributed by atoms with E-state index in [1.807, 2.05) is 30.3 Å². The van der Waals surface area contributed by atoms with Crippen molar-refractivity contribution in [3.8, 4) is 28.6 Å². The Balaban J connectivity index is 1.87. The van der Waals surface area contributed by atoms with Crippen LogP contribution in [0, 0.1) is 0 Å². The maximum Gasteiger partial charge on any atom is 0.197 e. The summed E-state index contributed by atoms with van der Waals surface area (Å²) in [5, 5.41) is 0.517. The molecule has 1 aliphatic carbocycles. The molecule has 1 fully saturated rings. The molecule has 32 heavy (non-hydrogen) atoms. The van der Waals surface area contributed by atoms with Gasteiger partial charge in [-0.25, -0.2) is 0 Å². The summed E-state index contributed by atoms with van der Waals surface area (Å²) >= 11 is 0. The second kappa shape index (κ2) is 10.1. The van der Waals surface area contributed by atoms with Crippen LogP contribution < -0.4 is 19.6 Å². The lowest BCUT2D eigenvalue weighted by atomic mass is 10.0. The van der Waals surface area contributed by atoms with E-state index in [9.17, 15) is 4.79 Å². The number of methoxy groups -OCH3 is 1. The lowest BCUT2D eigenvalue weighted by Crippen LogP contribution is -2.09. The molecule has 1 aliphatic rings. The van der Waals surface area contributed by atoms with E-state index in [0.29, 0.717) is 41.6 Å². The van der Waals surface area contributed by atoms with Crippen molar-refractivity contribution in [1.82, 2.24) is 0 Å². The van der Waals surface area contributed by atoms with Gasteiger partial charge in [-0.05, 0) is 55.9 Å². The predicted molar refractivity (Wildman–Crippen MR) is 127 cm³/mol. The van der Waals surface area contributed by atoms with Gasteiger partial charge < -0.3 is 18.6 Å². The van der Waals surface area contributed by atoms with Crippen LogP contribution in [-0.4, -0.2) is 20.3 Å². The average Bonchev–Trinajstić information content (AvgIpc) is 3.64. The number of hydrogen-bond acceptors (Lipinski definition) is 5. The van der Waals surface area contributed by atoms with Crippen LogP contribution in [0.15, 0.2) is 45.6 Å². The number of hydrogen-bond donors (Lipinski definition) is 0. The first-order chi connectivity index (χ1) is 15.7. The molecular formula is C27H32O5. The Kier molecular flexibility index (Phi) is 7.03. The van der Waals surface area contributed by atoms with Crippen LogP contribution >= 0.6 is 0 Å². The fourth-order valence-corrected chi connectivity index (χ4v) is 3.84. The van der Waals surface area contributed by atoms with Crippen LogP contribution in [0.4, 0.5) is 0 Å². The number of fused-ring (bicyclic) bond motifs is 1. The van der Waals surface area contributed by atoms with Crippen LogP contribution in [0.3, 0.4) is 0 Å². The summed E-state index contributed by atoms with van der Waals surface area (Å²) in [7, 11) is 1.63. The van der Waals surface area contributed by atoms with Crippen molar-refractivity contribution in [1.29, 1.82) is 0 Å². The fraction of sp³-hybridized carbons (Fsp3) is 0.444. The maximum atomic E-state index is 13.3. The van der Waals surface area contributed by atoms with E-state index in [2.05, 4.69) is 13.8 Å². The number of unbranched alkanes of at least 4 members (excludes halogenated alkanes) is 2. The molecule has 0 atom stereocenters. The quantitative estimate of drug-likeness (QED) is 0.313. The van der Waals surface area contributed by atoms with Crippen molar-refractivity contribution >= 4 is 11.0 Å². The normalized spacial score (nSPS) is 13.3. The molecule has 0 spiro atoms. The van der Waals surface area contributed by atoms with Crippen molar-refractivity contribution in [3.05, 3.63) is 52.2 Å². The first kappa shape index (κ1) is 22.3. The molecule has 4 rings (SSSR count). The van der Waals surface area contributed by atoms with Gasteiger partial charge >= 0.3 is 0 Å². The van der Waals surface area contributed by atoms with Gasteiger partial charge in [0.15, 0.2) is 5.43 Å². The molecule has 1 saturated carbocycles. The highest BCUT2D eigenvalue weighted by atomic mass is 16.5. The van der Waals surface area contributed by atoms with Crippen LogP contribution in [0.5, 0.6) is 17.2 Å².